The van der Waals surface area contributed by atoms with Gasteiger partial charge in [0.15, 0.2) is 5.78 Å². The summed E-state index contributed by atoms with van der Waals surface area (Å²) in [4.78, 5) is 13.1. The van der Waals surface area contributed by atoms with E-state index in [0.29, 0.717) is 0 Å². The highest BCUT2D eigenvalue weighted by molar-refractivity contribution is 7.11. The summed E-state index contributed by atoms with van der Waals surface area (Å²) in [6.07, 6.45) is 5.64. The second-order valence-corrected chi connectivity index (χ2v) is 5.35. The smallest absolute Gasteiger partial charge is 0.186 e. The van der Waals surface area contributed by atoms with E-state index >= 15 is 0 Å². The SMILES string of the molecule is Cc1csc(/C=C2/C=c3ccccc3=CC2=O)c1. The molecule has 0 atom stereocenters. The van der Waals surface area contributed by atoms with Crippen molar-refractivity contribution in [1.29, 1.82) is 0 Å². The predicted octanol–water partition coefficient (Wildman–Crippen LogP) is 2.28. The quantitative estimate of drug-likeness (QED) is 0.712. The third-order valence-electron chi connectivity index (χ3n) is 2.93. The van der Waals surface area contributed by atoms with Gasteiger partial charge >= 0.3 is 0 Å². The fraction of sp³-hybridized carbons (Fsp3) is 0.0625. The predicted molar refractivity (Wildman–Crippen MR) is 76.7 cm³/mol. The Morgan fingerprint density at radius 3 is 2.50 bits per heavy atom. The number of hydrogen-bond donors (Lipinski definition) is 0. The van der Waals surface area contributed by atoms with Gasteiger partial charge in [0.25, 0.3) is 0 Å². The number of ketones is 1. The minimum Gasteiger partial charge on any atom is -0.289 e. The van der Waals surface area contributed by atoms with E-state index < -0.39 is 0 Å². The molecule has 1 aliphatic carbocycles. The number of hydrogen-bond acceptors (Lipinski definition) is 2. The van der Waals surface area contributed by atoms with E-state index in [2.05, 4.69) is 18.4 Å². The Hall–Kier alpha value is -1.93. The van der Waals surface area contributed by atoms with Crippen molar-refractivity contribution in [3.8, 4) is 0 Å². The lowest BCUT2D eigenvalue weighted by molar-refractivity contribution is -0.109. The summed E-state index contributed by atoms with van der Waals surface area (Å²) in [5, 5.41) is 4.20. The molecule has 0 spiro atoms. The Bertz CT molecular complexity index is 762. The summed E-state index contributed by atoms with van der Waals surface area (Å²) in [5.74, 6) is 0.0831. The van der Waals surface area contributed by atoms with Gasteiger partial charge in [-0.2, -0.15) is 0 Å². The molecule has 0 radical (unpaired) electrons. The second-order valence-electron chi connectivity index (χ2n) is 4.41. The van der Waals surface area contributed by atoms with Crippen LogP contribution in [0.5, 0.6) is 0 Å². The van der Waals surface area contributed by atoms with Crippen LogP contribution in [0.4, 0.5) is 0 Å². The summed E-state index contributed by atoms with van der Waals surface area (Å²) >= 11 is 1.66. The molecule has 0 bridgehead atoms. The van der Waals surface area contributed by atoms with Crippen molar-refractivity contribution in [3.63, 3.8) is 0 Å². The normalized spacial score (nSPS) is 16.1. The molecule has 3 rings (SSSR count). The summed E-state index contributed by atoms with van der Waals surface area (Å²) < 4.78 is 0. The summed E-state index contributed by atoms with van der Waals surface area (Å²) in [7, 11) is 0. The minimum atomic E-state index is 0.0831. The minimum absolute atomic E-state index is 0.0831. The molecule has 0 amide bonds. The molecule has 0 saturated carbocycles. The first-order valence-electron chi connectivity index (χ1n) is 5.82. The number of carbonyl (C=O) groups is 1. The van der Waals surface area contributed by atoms with Gasteiger partial charge in [-0.25, -0.2) is 0 Å². The van der Waals surface area contributed by atoms with E-state index in [0.717, 1.165) is 20.9 Å². The third-order valence-corrected chi connectivity index (χ3v) is 3.92. The van der Waals surface area contributed by atoms with Crippen molar-refractivity contribution >= 4 is 35.3 Å². The van der Waals surface area contributed by atoms with E-state index in [4.69, 9.17) is 0 Å². The standard InChI is InChI=1S/C16H12OS/c1-11-6-15(18-10-11)8-14-7-12-4-2-3-5-13(12)9-16(14)17/h2-10H,1H3/b14-8-. The molecule has 1 aliphatic rings. The number of thiophene rings is 1. The lowest BCUT2D eigenvalue weighted by Crippen LogP contribution is -2.29. The molecule has 2 aromatic rings. The van der Waals surface area contributed by atoms with Crippen LogP contribution in [-0.2, 0) is 4.79 Å². The summed E-state index contributed by atoms with van der Waals surface area (Å²) in [6, 6.07) is 10.0. The number of Topliss-reactive ketones (excluding diaryl/α,β-unsaturated/α-hetero) is 1. The van der Waals surface area contributed by atoms with Gasteiger partial charge in [0.05, 0.1) is 0 Å². The Morgan fingerprint density at radius 1 is 1.11 bits per heavy atom. The van der Waals surface area contributed by atoms with Crippen molar-refractivity contribution < 1.29 is 4.79 Å². The van der Waals surface area contributed by atoms with Gasteiger partial charge in [0.1, 0.15) is 0 Å². The molecule has 0 saturated heterocycles. The zero-order valence-corrected chi connectivity index (χ0v) is 10.8. The van der Waals surface area contributed by atoms with Gasteiger partial charge in [0, 0.05) is 10.5 Å². The van der Waals surface area contributed by atoms with Crippen molar-refractivity contribution in [2.75, 3.05) is 0 Å². The molecule has 2 heteroatoms. The molecular formula is C16H12OS. The lowest BCUT2D eigenvalue weighted by Gasteiger charge is -2.03. The Kier molecular flexibility index (Phi) is 2.73. The summed E-state index contributed by atoms with van der Waals surface area (Å²) in [5.41, 5.74) is 2.00. The first kappa shape index (κ1) is 11.2. The average Bonchev–Trinajstić information content (AvgIpc) is 2.76. The van der Waals surface area contributed by atoms with Gasteiger partial charge in [-0.3, -0.25) is 4.79 Å². The van der Waals surface area contributed by atoms with Crippen molar-refractivity contribution in [2.45, 2.75) is 6.92 Å². The highest BCUT2D eigenvalue weighted by Gasteiger charge is 2.08. The second kappa shape index (κ2) is 4.39. The summed E-state index contributed by atoms with van der Waals surface area (Å²) in [6.45, 7) is 2.06. The number of aryl methyl sites for hydroxylation is 1. The van der Waals surface area contributed by atoms with Crippen LogP contribution < -0.4 is 10.4 Å². The topological polar surface area (TPSA) is 17.1 Å². The van der Waals surface area contributed by atoms with E-state index in [1.807, 2.05) is 36.4 Å². The van der Waals surface area contributed by atoms with Gasteiger partial charge in [-0.1, -0.05) is 24.3 Å². The molecule has 18 heavy (non-hydrogen) atoms. The van der Waals surface area contributed by atoms with Crippen molar-refractivity contribution in [1.82, 2.24) is 0 Å². The number of carbonyl (C=O) groups excluding carboxylic acids is 1. The van der Waals surface area contributed by atoms with Crippen LogP contribution in [0.2, 0.25) is 0 Å². The lowest BCUT2D eigenvalue weighted by atomic mass is 10.0. The molecule has 1 nitrogen and oxygen atoms in total. The van der Waals surface area contributed by atoms with Gasteiger partial charge in [-0.15, -0.1) is 11.3 Å². The van der Waals surface area contributed by atoms with Crippen LogP contribution in [0, 0.1) is 6.92 Å². The van der Waals surface area contributed by atoms with Crippen LogP contribution in [0.1, 0.15) is 10.4 Å². The number of rotatable bonds is 1. The van der Waals surface area contributed by atoms with Gasteiger partial charge in [-0.05, 0) is 52.6 Å². The molecule has 1 aromatic heterocycles. The fourth-order valence-corrected chi connectivity index (χ4v) is 2.87. The van der Waals surface area contributed by atoms with Gasteiger partial charge in [0.2, 0.25) is 0 Å². The maximum absolute atomic E-state index is 12.0. The first-order chi connectivity index (χ1) is 8.72. The van der Waals surface area contributed by atoms with Crippen molar-refractivity contribution in [3.05, 3.63) is 62.2 Å². The number of allylic oxidation sites excluding steroid dienone is 1. The van der Waals surface area contributed by atoms with E-state index in [9.17, 15) is 4.79 Å². The maximum atomic E-state index is 12.0. The first-order valence-corrected chi connectivity index (χ1v) is 6.70. The van der Waals surface area contributed by atoms with E-state index in [1.165, 1.54) is 5.56 Å². The molecule has 0 fully saturated rings. The van der Waals surface area contributed by atoms with Crippen LogP contribution in [0.25, 0.3) is 18.2 Å². The Balaban J connectivity index is 2.13. The molecular weight excluding hydrogens is 240 g/mol. The molecule has 0 aliphatic heterocycles. The Morgan fingerprint density at radius 2 is 1.83 bits per heavy atom. The molecule has 1 aromatic carbocycles. The monoisotopic (exact) mass is 252 g/mol. The highest BCUT2D eigenvalue weighted by atomic mass is 32.1. The number of benzene rings is 1. The van der Waals surface area contributed by atoms with Crippen LogP contribution in [0.15, 0.2) is 41.3 Å². The van der Waals surface area contributed by atoms with E-state index in [1.54, 1.807) is 17.4 Å². The van der Waals surface area contributed by atoms with E-state index in [-0.39, 0.29) is 5.78 Å². The fourth-order valence-electron chi connectivity index (χ4n) is 2.03. The molecule has 0 unspecified atom stereocenters. The van der Waals surface area contributed by atoms with Gasteiger partial charge < -0.3 is 0 Å². The highest BCUT2D eigenvalue weighted by Crippen LogP contribution is 2.18. The molecule has 88 valence electrons. The third kappa shape index (κ3) is 2.07. The molecule has 0 N–H and O–H groups in total. The Labute approximate surface area is 109 Å². The maximum Gasteiger partial charge on any atom is 0.186 e. The van der Waals surface area contributed by atoms with Crippen LogP contribution in [0.3, 0.4) is 0 Å². The molecule has 1 heterocycles. The van der Waals surface area contributed by atoms with Crippen LogP contribution in [-0.4, -0.2) is 5.78 Å². The van der Waals surface area contributed by atoms with Crippen LogP contribution >= 0.6 is 11.3 Å². The average molecular weight is 252 g/mol. The zero-order valence-electron chi connectivity index (χ0n) is 10.0. The zero-order chi connectivity index (χ0) is 12.5. The van der Waals surface area contributed by atoms with Crippen molar-refractivity contribution in [2.24, 2.45) is 0 Å². The largest absolute Gasteiger partial charge is 0.289 e. The number of fused-ring (bicyclic) bond motifs is 1.